The number of hydrogen-bond donors (Lipinski definition) is 3. The number of nitrogens with one attached hydrogen (secondary N) is 2. The molecule has 7 heteroatoms. The molecule has 14 heavy (non-hydrogen) atoms. The van der Waals surface area contributed by atoms with Crippen LogP contribution in [0.15, 0.2) is 9.59 Å². The topological polar surface area (TPSA) is 104 Å². The lowest BCUT2D eigenvalue weighted by atomic mass is 10.2. The Labute approximate surface area is 78.0 Å². The molecule has 0 saturated heterocycles. The molecule has 0 amide bonds. The van der Waals surface area contributed by atoms with Crippen LogP contribution in [-0.2, 0) is 0 Å². The normalized spacial score (nSPS) is 9.86. The number of H-pyrrole nitrogens is 1. The largest absolute Gasteiger partial charge is 0.477 e. The number of aromatic nitrogens is 2. The van der Waals surface area contributed by atoms with Gasteiger partial charge in [0.2, 0.25) is 0 Å². The van der Waals surface area contributed by atoms with Crippen LogP contribution in [0.25, 0.3) is 0 Å². The zero-order valence-corrected chi connectivity index (χ0v) is 7.62. The van der Waals surface area contributed by atoms with Gasteiger partial charge in [-0.25, -0.2) is 14.3 Å². The summed E-state index contributed by atoms with van der Waals surface area (Å²) in [5.74, 6) is -1.37. The standard InChI is InChI=1S/C7H9N3O4/c1-3-4(6(12)13)5(11)9-7(14)10(3)8-2/h8H,1-2H3,(H,12,13)(H,9,11,14). The van der Waals surface area contributed by atoms with Gasteiger partial charge < -0.3 is 10.5 Å². The molecule has 0 fully saturated rings. The van der Waals surface area contributed by atoms with Gasteiger partial charge in [0.05, 0.1) is 5.69 Å². The minimum absolute atomic E-state index is 0.0637. The van der Waals surface area contributed by atoms with Gasteiger partial charge in [0, 0.05) is 7.05 Å². The number of aromatic carboxylic acids is 1. The Morgan fingerprint density at radius 3 is 2.50 bits per heavy atom. The first-order valence-corrected chi connectivity index (χ1v) is 3.76. The van der Waals surface area contributed by atoms with Gasteiger partial charge in [-0.1, -0.05) is 0 Å². The van der Waals surface area contributed by atoms with Gasteiger partial charge in [-0.15, -0.1) is 0 Å². The Morgan fingerprint density at radius 1 is 1.50 bits per heavy atom. The van der Waals surface area contributed by atoms with Crippen LogP contribution in [0.2, 0.25) is 0 Å². The van der Waals surface area contributed by atoms with Crippen molar-refractivity contribution in [2.45, 2.75) is 6.92 Å². The quantitative estimate of drug-likeness (QED) is 0.550. The van der Waals surface area contributed by atoms with E-state index in [0.29, 0.717) is 0 Å². The SMILES string of the molecule is CNn1c(C)c(C(=O)O)c(=O)[nH]c1=O. The monoisotopic (exact) mass is 199 g/mol. The highest BCUT2D eigenvalue weighted by Crippen LogP contribution is 1.96. The Bertz CT molecular complexity index is 485. The highest BCUT2D eigenvalue weighted by Gasteiger charge is 2.16. The van der Waals surface area contributed by atoms with E-state index in [1.165, 1.54) is 14.0 Å². The summed E-state index contributed by atoms with van der Waals surface area (Å²) in [6, 6.07) is 0. The van der Waals surface area contributed by atoms with Crippen LogP contribution >= 0.6 is 0 Å². The minimum Gasteiger partial charge on any atom is -0.477 e. The second kappa shape index (κ2) is 3.36. The van der Waals surface area contributed by atoms with Gasteiger partial charge in [-0.05, 0) is 6.92 Å². The van der Waals surface area contributed by atoms with Crippen molar-refractivity contribution in [2.24, 2.45) is 0 Å². The predicted molar refractivity (Wildman–Crippen MR) is 48.3 cm³/mol. The number of carboxylic acids is 1. The van der Waals surface area contributed by atoms with Crippen molar-refractivity contribution >= 4 is 5.97 Å². The molecular weight excluding hydrogens is 190 g/mol. The molecule has 76 valence electrons. The van der Waals surface area contributed by atoms with Crippen molar-refractivity contribution in [3.05, 3.63) is 32.1 Å². The lowest BCUT2D eigenvalue weighted by Gasteiger charge is -2.08. The maximum atomic E-state index is 11.1. The maximum Gasteiger partial charge on any atom is 0.347 e. The first kappa shape index (κ1) is 10.0. The molecule has 0 aromatic carbocycles. The number of hydrogen-bond acceptors (Lipinski definition) is 4. The Hall–Kier alpha value is -2.05. The molecule has 0 atom stereocenters. The summed E-state index contributed by atoms with van der Waals surface area (Å²) in [7, 11) is 1.44. The molecule has 0 bridgehead atoms. The smallest absolute Gasteiger partial charge is 0.347 e. The van der Waals surface area contributed by atoms with Gasteiger partial charge in [0.15, 0.2) is 0 Å². The molecule has 0 aliphatic carbocycles. The number of carboxylic acid groups (broad SMARTS) is 1. The van der Waals surface area contributed by atoms with Crippen molar-refractivity contribution in [1.82, 2.24) is 9.66 Å². The zero-order valence-electron chi connectivity index (χ0n) is 7.62. The van der Waals surface area contributed by atoms with E-state index < -0.39 is 22.8 Å². The van der Waals surface area contributed by atoms with E-state index in [4.69, 9.17) is 5.11 Å². The average molecular weight is 199 g/mol. The van der Waals surface area contributed by atoms with E-state index in [0.717, 1.165) is 4.68 Å². The fourth-order valence-electron chi connectivity index (χ4n) is 1.17. The first-order valence-electron chi connectivity index (χ1n) is 3.76. The number of carbonyl (C=O) groups is 1. The molecule has 0 aliphatic rings. The zero-order chi connectivity index (χ0) is 10.9. The Balaban J connectivity index is 3.69. The molecule has 7 nitrogen and oxygen atoms in total. The van der Waals surface area contributed by atoms with Crippen molar-refractivity contribution in [3.63, 3.8) is 0 Å². The van der Waals surface area contributed by atoms with Crippen molar-refractivity contribution in [1.29, 1.82) is 0 Å². The summed E-state index contributed by atoms with van der Waals surface area (Å²) >= 11 is 0. The third-order valence-electron chi connectivity index (χ3n) is 1.79. The molecule has 1 rings (SSSR count). The fourth-order valence-corrected chi connectivity index (χ4v) is 1.17. The van der Waals surface area contributed by atoms with Gasteiger partial charge in [0.1, 0.15) is 5.56 Å². The second-order valence-electron chi connectivity index (χ2n) is 2.58. The van der Waals surface area contributed by atoms with E-state index in [-0.39, 0.29) is 5.69 Å². The summed E-state index contributed by atoms with van der Waals surface area (Å²) in [4.78, 5) is 34.8. The predicted octanol–water partition coefficient (Wildman–Crippen LogP) is -1.28. The van der Waals surface area contributed by atoms with Crippen LogP contribution in [0.5, 0.6) is 0 Å². The summed E-state index contributed by atoms with van der Waals surface area (Å²) in [6.45, 7) is 1.37. The second-order valence-corrected chi connectivity index (χ2v) is 2.58. The molecular formula is C7H9N3O4. The van der Waals surface area contributed by atoms with E-state index in [2.05, 4.69) is 5.43 Å². The molecule has 0 radical (unpaired) electrons. The number of nitrogens with zero attached hydrogens (tertiary/aromatic N) is 1. The summed E-state index contributed by atoms with van der Waals surface area (Å²) < 4.78 is 0.949. The van der Waals surface area contributed by atoms with Crippen molar-refractivity contribution in [2.75, 3.05) is 12.5 Å². The molecule has 0 aliphatic heterocycles. The van der Waals surface area contributed by atoms with E-state index >= 15 is 0 Å². The van der Waals surface area contributed by atoms with E-state index in [1.807, 2.05) is 4.98 Å². The van der Waals surface area contributed by atoms with Crippen LogP contribution in [0.1, 0.15) is 16.1 Å². The van der Waals surface area contributed by atoms with Gasteiger partial charge in [-0.3, -0.25) is 9.78 Å². The molecule has 0 unspecified atom stereocenters. The lowest BCUT2D eigenvalue weighted by Crippen LogP contribution is -2.39. The van der Waals surface area contributed by atoms with Crippen LogP contribution in [-0.4, -0.2) is 27.8 Å². The maximum absolute atomic E-state index is 11.1. The fraction of sp³-hybridized carbons (Fsp3) is 0.286. The van der Waals surface area contributed by atoms with Crippen LogP contribution in [0.3, 0.4) is 0 Å². The summed E-state index contributed by atoms with van der Waals surface area (Å²) in [5.41, 5.74) is 0.484. The molecule has 3 N–H and O–H groups in total. The third-order valence-corrected chi connectivity index (χ3v) is 1.79. The van der Waals surface area contributed by atoms with Gasteiger partial charge >= 0.3 is 11.7 Å². The van der Waals surface area contributed by atoms with Crippen LogP contribution in [0.4, 0.5) is 0 Å². The number of rotatable bonds is 2. The van der Waals surface area contributed by atoms with Gasteiger partial charge in [0.25, 0.3) is 5.56 Å². The molecule has 0 spiro atoms. The molecule has 1 aromatic heterocycles. The minimum atomic E-state index is -1.37. The number of aromatic amines is 1. The summed E-state index contributed by atoms with van der Waals surface area (Å²) in [6.07, 6.45) is 0. The summed E-state index contributed by atoms with van der Waals surface area (Å²) in [5, 5.41) is 8.69. The third kappa shape index (κ3) is 1.39. The van der Waals surface area contributed by atoms with Gasteiger partial charge in [-0.2, -0.15) is 0 Å². The first-order chi connectivity index (χ1) is 6.49. The molecule has 1 aromatic rings. The highest BCUT2D eigenvalue weighted by molar-refractivity contribution is 5.88. The van der Waals surface area contributed by atoms with Crippen molar-refractivity contribution in [3.8, 4) is 0 Å². The van der Waals surface area contributed by atoms with E-state index in [1.54, 1.807) is 0 Å². The Morgan fingerprint density at radius 2 is 2.07 bits per heavy atom. The van der Waals surface area contributed by atoms with E-state index in [9.17, 15) is 14.4 Å². The van der Waals surface area contributed by atoms with Crippen LogP contribution in [0, 0.1) is 6.92 Å². The highest BCUT2D eigenvalue weighted by atomic mass is 16.4. The van der Waals surface area contributed by atoms with Crippen molar-refractivity contribution < 1.29 is 9.90 Å². The lowest BCUT2D eigenvalue weighted by molar-refractivity contribution is 0.0693. The van der Waals surface area contributed by atoms with Crippen LogP contribution < -0.4 is 16.7 Å². The average Bonchev–Trinajstić information content (AvgIpc) is 2.02. The molecule has 0 saturated carbocycles. The Kier molecular flexibility index (Phi) is 2.41. The molecule has 1 heterocycles.